The highest BCUT2D eigenvalue weighted by Crippen LogP contribution is 2.24. The van der Waals surface area contributed by atoms with Gasteiger partial charge in [-0.25, -0.2) is 0 Å². The topological polar surface area (TPSA) is 54.7 Å². The number of hydrogen-bond acceptors (Lipinski definition) is 2. The maximum Gasteiger partial charge on any atom is 0.114 e. The lowest BCUT2D eigenvalue weighted by molar-refractivity contribution is 0.924. The Bertz CT molecular complexity index is 721. The van der Waals surface area contributed by atoms with E-state index in [0.717, 1.165) is 17.0 Å². The zero-order valence-electron chi connectivity index (χ0n) is 10.8. The maximum atomic E-state index is 8.99. The van der Waals surface area contributed by atoms with Crippen molar-refractivity contribution in [2.24, 2.45) is 12.8 Å². The van der Waals surface area contributed by atoms with Crippen molar-refractivity contribution in [2.45, 2.75) is 0 Å². The molecule has 0 bridgehead atoms. The highest BCUT2D eigenvalue weighted by molar-refractivity contribution is 7.80. The van der Waals surface area contributed by atoms with Gasteiger partial charge in [0, 0.05) is 23.5 Å². The number of nitriles is 1. The van der Waals surface area contributed by atoms with Gasteiger partial charge >= 0.3 is 0 Å². The van der Waals surface area contributed by atoms with E-state index in [1.54, 1.807) is 6.08 Å². The van der Waals surface area contributed by atoms with Gasteiger partial charge in [0.25, 0.3) is 0 Å². The van der Waals surface area contributed by atoms with E-state index in [4.69, 9.17) is 34.8 Å². The highest BCUT2D eigenvalue weighted by Gasteiger charge is 2.07. The summed E-state index contributed by atoms with van der Waals surface area (Å²) < 4.78 is 1.97. The third-order valence-electron chi connectivity index (χ3n) is 2.98. The summed E-state index contributed by atoms with van der Waals surface area (Å²) in [6.45, 7) is 0. The first-order valence-electron chi connectivity index (χ1n) is 5.86. The van der Waals surface area contributed by atoms with Crippen molar-refractivity contribution in [1.82, 2.24) is 4.57 Å². The van der Waals surface area contributed by atoms with E-state index in [9.17, 15) is 0 Å². The number of thiocarbonyl (C=S) groups is 1. The lowest BCUT2D eigenvalue weighted by atomic mass is 10.1. The number of rotatable bonds is 3. The van der Waals surface area contributed by atoms with Crippen molar-refractivity contribution in [3.63, 3.8) is 0 Å². The first-order valence-corrected chi connectivity index (χ1v) is 6.65. The van der Waals surface area contributed by atoms with Crippen LogP contribution in [0.2, 0.25) is 5.02 Å². The molecule has 0 saturated heterocycles. The van der Waals surface area contributed by atoms with Crippen LogP contribution in [-0.4, -0.2) is 9.56 Å². The molecule has 2 rings (SSSR count). The largest absolute Gasteiger partial charge is 0.389 e. The molecule has 0 radical (unpaired) electrons. The highest BCUT2D eigenvalue weighted by atomic mass is 35.5. The van der Waals surface area contributed by atoms with Crippen LogP contribution in [0.5, 0.6) is 0 Å². The molecule has 0 unspecified atom stereocenters. The van der Waals surface area contributed by atoms with Crippen LogP contribution in [0.25, 0.3) is 17.3 Å². The maximum absolute atomic E-state index is 8.99. The van der Waals surface area contributed by atoms with E-state index in [0.29, 0.717) is 10.6 Å². The minimum Gasteiger partial charge on any atom is -0.389 e. The van der Waals surface area contributed by atoms with Crippen LogP contribution in [-0.2, 0) is 7.05 Å². The minimum atomic E-state index is 0.0988. The molecule has 3 nitrogen and oxygen atoms in total. The molecule has 0 saturated carbocycles. The fraction of sp³-hybridized carbons (Fsp3) is 0.0667. The molecule has 0 spiro atoms. The van der Waals surface area contributed by atoms with Gasteiger partial charge in [-0.1, -0.05) is 36.0 Å². The average Bonchev–Trinajstić information content (AvgIpc) is 2.78. The van der Waals surface area contributed by atoms with Gasteiger partial charge in [-0.3, -0.25) is 0 Å². The monoisotopic (exact) mass is 301 g/mol. The van der Waals surface area contributed by atoms with Crippen molar-refractivity contribution >= 4 is 34.9 Å². The van der Waals surface area contributed by atoms with Crippen LogP contribution in [0.1, 0.15) is 5.69 Å². The van der Waals surface area contributed by atoms with Crippen LogP contribution < -0.4 is 5.73 Å². The summed E-state index contributed by atoms with van der Waals surface area (Å²) in [5.74, 6) is 0. The lowest BCUT2D eigenvalue weighted by Crippen LogP contribution is -2.10. The molecular weight excluding hydrogens is 290 g/mol. The quantitative estimate of drug-likeness (QED) is 0.536. The molecule has 1 aromatic carbocycles. The van der Waals surface area contributed by atoms with Gasteiger partial charge in [0.05, 0.1) is 5.57 Å². The van der Waals surface area contributed by atoms with Crippen molar-refractivity contribution in [2.75, 3.05) is 0 Å². The van der Waals surface area contributed by atoms with Crippen molar-refractivity contribution < 1.29 is 0 Å². The normalized spacial score (nSPS) is 11.2. The Morgan fingerprint density at radius 3 is 2.50 bits per heavy atom. The fourth-order valence-electron chi connectivity index (χ4n) is 1.89. The predicted octanol–water partition coefficient (Wildman–Crippen LogP) is 3.54. The molecule has 0 fully saturated rings. The van der Waals surface area contributed by atoms with Gasteiger partial charge in [0.2, 0.25) is 0 Å². The number of aromatic nitrogens is 1. The Balaban J connectivity index is 2.44. The second kappa shape index (κ2) is 5.91. The Labute approximate surface area is 127 Å². The van der Waals surface area contributed by atoms with Crippen molar-refractivity contribution in [3.05, 3.63) is 52.7 Å². The number of benzene rings is 1. The molecule has 5 heteroatoms. The van der Waals surface area contributed by atoms with Crippen LogP contribution in [0.15, 0.2) is 42.0 Å². The van der Waals surface area contributed by atoms with Gasteiger partial charge in [-0.05, 0) is 35.9 Å². The molecule has 0 aliphatic carbocycles. The van der Waals surface area contributed by atoms with Crippen LogP contribution >= 0.6 is 23.8 Å². The SMILES string of the molecule is Cn1c(/C=C(\C#N)C(N)=S)ccc1-c1ccc(Cl)cc1. The smallest absolute Gasteiger partial charge is 0.114 e. The molecule has 0 aliphatic heterocycles. The standard InChI is InChI=1S/C15H12ClN3S/c1-19-13(8-11(9-17)15(18)20)6-7-14(19)10-2-4-12(16)5-3-10/h2-8H,1H3,(H2,18,20)/b11-8+. The number of halogens is 1. The van der Waals surface area contributed by atoms with Crippen molar-refractivity contribution in [1.29, 1.82) is 5.26 Å². The van der Waals surface area contributed by atoms with Crippen LogP contribution in [0, 0.1) is 11.3 Å². The third-order valence-corrected chi connectivity index (χ3v) is 3.45. The molecular formula is C15H12ClN3S. The van der Waals surface area contributed by atoms with E-state index in [2.05, 4.69) is 0 Å². The zero-order chi connectivity index (χ0) is 14.7. The van der Waals surface area contributed by atoms with E-state index < -0.39 is 0 Å². The summed E-state index contributed by atoms with van der Waals surface area (Å²) >= 11 is 10.7. The van der Waals surface area contributed by atoms with Crippen molar-refractivity contribution in [3.8, 4) is 17.3 Å². The Hall–Kier alpha value is -2.09. The second-order valence-electron chi connectivity index (χ2n) is 4.24. The van der Waals surface area contributed by atoms with E-state index in [1.807, 2.05) is 54.1 Å². The molecule has 100 valence electrons. The summed E-state index contributed by atoms with van der Waals surface area (Å²) in [6.07, 6.45) is 1.68. The average molecular weight is 302 g/mol. The minimum absolute atomic E-state index is 0.0988. The van der Waals surface area contributed by atoms with Gasteiger partial charge in [0.15, 0.2) is 0 Å². The Morgan fingerprint density at radius 2 is 1.95 bits per heavy atom. The number of nitrogens with zero attached hydrogens (tertiary/aromatic N) is 2. The van der Waals surface area contributed by atoms with Crippen LogP contribution in [0.4, 0.5) is 0 Å². The molecule has 0 aliphatic rings. The first kappa shape index (κ1) is 14.3. The summed E-state index contributed by atoms with van der Waals surface area (Å²) in [7, 11) is 1.92. The molecule has 1 heterocycles. The Morgan fingerprint density at radius 1 is 1.30 bits per heavy atom. The number of nitrogens with two attached hydrogens (primary N) is 1. The van der Waals surface area contributed by atoms with Gasteiger partial charge in [0.1, 0.15) is 11.1 Å². The zero-order valence-corrected chi connectivity index (χ0v) is 12.4. The summed E-state index contributed by atoms with van der Waals surface area (Å²) in [5.41, 5.74) is 8.72. The Kier molecular flexibility index (Phi) is 4.23. The molecule has 0 amide bonds. The third kappa shape index (κ3) is 2.90. The molecule has 0 atom stereocenters. The molecule has 2 aromatic rings. The van der Waals surface area contributed by atoms with E-state index in [1.165, 1.54) is 0 Å². The number of hydrogen-bond donors (Lipinski definition) is 1. The molecule has 20 heavy (non-hydrogen) atoms. The van der Waals surface area contributed by atoms with Gasteiger partial charge in [-0.15, -0.1) is 0 Å². The summed E-state index contributed by atoms with van der Waals surface area (Å²) in [6, 6.07) is 13.5. The first-order chi connectivity index (χ1) is 9.52. The fourth-order valence-corrected chi connectivity index (χ4v) is 2.12. The molecule has 2 N–H and O–H groups in total. The second-order valence-corrected chi connectivity index (χ2v) is 5.12. The lowest BCUT2D eigenvalue weighted by Gasteiger charge is -2.06. The molecule has 1 aromatic heterocycles. The predicted molar refractivity (Wildman–Crippen MR) is 86.2 cm³/mol. The summed E-state index contributed by atoms with van der Waals surface area (Å²) in [5, 5.41) is 9.69. The van der Waals surface area contributed by atoms with E-state index in [-0.39, 0.29) is 4.99 Å². The summed E-state index contributed by atoms with van der Waals surface area (Å²) in [4.78, 5) is 0.0988. The van der Waals surface area contributed by atoms with E-state index >= 15 is 0 Å². The van der Waals surface area contributed by atoms with Crippen LogP contribution in [0.3, 0.4) is 0 Å². The van der Waals surface area contributed by atoms with Gasteiger partial charge < -0.3 is 10.3 Å². The van der Waals surface area contributed by atoms with Gasteiger partial charge in [-0.2, -0.15) is 5.26 Å².